The van der Waals surface area contributed by atoms with Crippen molar-refractivity contribution in [3.05, 3.63) is 0 Å². The van der Waals surface area contributed by atoms with E-state index in [0.717, 1.165) is 32.4 Å². The molecular formula is C13H24N2O. The molecule has 1 amide bonds. The molecule has 0 bridgehead atoms. The highest BCUT2D eigenvalue weighted by molar-refractivity contribution is 5.82. The number of carbonyl (C=O) groups is 1. The first-order valence-corrected chi connectivity index (χ1v) is 6.71. The maximum absolute atomic E-state index is 12.2. The summed E-state index contributed by atoms with van der Waals surface area (Å²) in [5, 5.41) is 3.25. The quantitative estimate of drug-likeness (QED) is 0.794. The average Bonchev–Trinajstić information content (AvgIpc) is 2.26. The van der Waals surface area contributed by atoms with Crippen LogP contribution in [0, 0.1) is 0 Å². The SMILES string of the molecule is CCN1CCCCC1C(=O)NC1(C)CCC1. The number of likely N-dealkylation sites (N-methyl/N-ethyl adjacent to an activating group) is 1. The Morgan fingerprint density at radius 1 is 1.38 bits per heavy atom. The number of hydrogen-bond donors (Lipinski definition) is 1. The smallest absolute Gasteiger partial charge is 0.237 e. The minimum Gasteiger partial charge on any atom is -0.350 e. The van der Waals surface area contributed by atoms with Gasteiger partial charge in [0.25, 0.3) is 0 Å². The average molecular weight is 224 g/mol. The number of nitrogens with zero attached hydrogens (tertiary/aromatic N) is 1. The van der Waals surface area contributed by atoms with Gasteiger partial charge in [0, 0.05) is 5.54 Å². The molecule has 0 spiro atoms. The largest absolute Gasteiger partial charge is 0.350 e. The second-order valence-electron chi connectivity index (χ2n) is 5.54. The highest BCUT2D eigenvalue weighted by atomic mass is 16.2. The van der Waals surface area contributed by atoms with Crippen molar-refractivity contribution in [2.75, 3.05) is 13.1 Å². The first-order chi connectivity index (χ1) is 7.64. The van der Waals surface area contributed by atoms with E-state index in [-0.39, 0.29) is 17.5 Å². The van der Waals surface area contributed by atoms with Crippen LogP contribution in [0.5, 0.6) is 0 Å². The minimum atomic E-state index is 0.105. The number of likely N-dealkylation sites (tertiary alicyclic amines) is 1. The molecule has 1 aliphatic heterocycles. The third kappa shape index (κ3) is 2.40. The van der Waals surface area contributed by atoms with Gasteiger partial charge in [-0.3, -0.25) is 9.69 Å². The predicted octanol–water partition coefficient (Wildman–Crippen LogP) is 1.92. The molecule has 1 unspecified atom stereocenters. The molecule has 16 heavy (non-hydrogen) atoms. The first-order valence-electron chi connectivity index (χ1n) is 6.71. The molecule has 3 nitrogen and oxygen atoms in total. The van der Waals surface area contributed by atoms with Crippen LogP contribution in [0.25, 0.3) is 0 Å². The fourth-order valence-electron chi connectivity index (χ4n) is 2.88. The van der Waals surface area contributed by atoms with E-state index in [0.29, 0.717) is 0 Å². The number of rotatable bonds is 3. The van der Waals surface area contributed by atoms with Gasteiger partial charge in [-0.1, -0.05) is 13.3 Å². The third-order valence-corrected chi connectivity index (χ3v) is 4.20. The van der Waals surface area contributed by atoms with Gasteiger partial charge in [-0.2, -0.15) is 0 Å². The van der Waals surface area contributed by atoms with Crippen molar-refractivity contribution < 1.29 is 4.79 Å². The zero-order valence-electron chi connectivity index (χ0n) is 10.6. The standard InChI is InChI=1S/C13H24N2O/c1-3-15-10-5-4-7-11(15)12(16)14-13(2)8-6-9-13/h11H,3-10H2,1-2H3,(H,14,16). The molecule has 1 aliphatic carbocycles. The van der Waals surface area contributed by atoms with Gasteiger partial charge >= 0.3 is 0 Å². The zero-order valence-corrected chi connectivity index (χ0v) is 10.6. The van der Waals surface area contributed by atoms with Gasteiger partial charge in [0.15, 0.2) is 0 Å². The molecule has 0 aromatic rings. The molecule has 1 heterocycles. The molecule has 1 N–H and O–H groups in total. The summed E-state index contributed by atoms with van der Waals surface area (Å²) in [6, 6.07) is 0.135. The van der Waals surface area contributed by atoms with Gasteiger partial charge in [-0.05, 0) is 52.1 Å². The Morgan fingerprint density at radius 2 is 2.12 bits per heavy atom. The Morgan fingerprint density at radius 3 is 2.69 bits per heavy atom. The van der Waals surface area contributed by atoms with Gasteiger partial charge in [-0.25, -0.2) is 0 Å². The Labute approximate surface area is 98.6 Å². The maximum atomic E-state index is 12.2. The minimum absolute atomic E-state index is 0.105. The summed E-state index contributed by atoms with van der Waals surface area (Å²) < 4.78 is 0. The lowest BCUT2D eigenvalue weighted by Gasteiger charge is -2.42. The summed E-state index contributed by atoms with van der Waals surface area (Å²) in [6.45, 7) is 6.41. The summed E-state index contributed by atoms with van der Waals surface area (Å²) in [6.07, 6.45) is 7.05. The van der Waals surface area contributed by atoms with Crippen LogP contribution in [-0.2, 0) is 4.79 Å². The van der Waals surface area contributed by atoms with E-state index in [4.69, 9.17) is 0 Å². The van der Waals surface area contributed by atoms with Crippen LogP contribution in [0.4, 0.5) is 0 Å². The Balaban J connectivity index is 1.91. The van der Waals surface area contributed by atoms with E-state index in [1.807, 2.05) is 0 Å². The van der Waals surface area contributed by atoms with Gasteiger partial charge in [0.05, 0.1) is 6.04 Å². The second kappa shape index (κ2) is 4.74. The van der Waals surface area contributed by atoms with Crippen LogP contribution < -0.4 is 5.32 Å². The summed E-state index contributed by atoms with van der Waals surface area (Å²) in [7, 11) is 0. The molecule has 3 heteroatoms. The molecule has 0 radical (unpaired) electrons. The zero-order chi connectivity index (χ0) is 11.6. The highest BCUT2D eigenvalue weighted by Gasteiger charge is 2.36. The van der Waals surface area contributed by atoms with Crippen LogP contribution >= 0.6 is 0 Å². The molecule has 2 rings (SSSR count). The van der Waals surface area contributed by atoms with Crippen molar-refractivity contribution >= 4 is 5.91 Å². The molecule has 0 aromatic heterocycles. The lowest BCUT2D eigenvalue weighted by Crippen LogP contribution is -2.57. The number of hydrogen-bond acceptors (Lipinski definition) is 2. The van der Waals surface area contributed by atoms with Gasteiger partial charge in [-0.15, -0.1) is 0 Å². The normalized spacial score (nSPS) is 29.5. The number of nitrogens with one attached hydrogen (secondary N) is 1. The Hall–Kier alpha value is -0.570. The van der Waals surface area contributed by atoms with Crippen LogP contribution in [-0.4, -0.2) is 35.5 Å². The Bertz CT molecular complexity index is 261. The Kier molecular flexibility index (Phi) is 3.53. The van der Waals surface area contributed by atoms with E-state index in [1.54, 1.807) is 0 Å². The molecular weight excluding hydrogens is 200 g/mol. The van der Waals surface area contributed by atoms with E-state index in [2.05, 4.69) is 24.1 Å². The van der Waals surface area contributed by atoms with Crippen molar-refractivity contribution in [1.29, 1.82) is 0 Å². The van der Waals surface area contributed by atoms with E-state index in [1.165, 1.54) is 19.3 Å². The molecule has 2 aliphatic rings. The van der Waals surface area contributed by atoms with Crippen LogP contribution in [0.15, 0.2) is 0 Å². The van der Waals surface area contributed by atoms with E-state index in [9.17, 15) is 4.79 Å². The second-order valence-corrected chi connectivity index (χ2v) is 5.54. The number of piperidine rings is 1. The maximum Gasteiger partial charge on any atom is 0.237 e. The molecule has 1 atom stereocenters. The lowest BCUT2D eigenvalue weighted by molar-refractivity contribution is -0.130. The molecule has 1 saturated heterocycles. The van der Waals surface area contributed by atoms with E-state index < -0.39 is 0 Å². The summed E-state index contributed by atoms with van der Waals surface area (Å²) in [5.41, 5.74) is 0.105. The first kappa shape index (κ1) is 11.9. The van der Waals surface area contributed by atoms with Crippen LogP contribution in [0.2, 0.25) is 0 Å². The van der Waals surface area contributed by atoms with Gasteiger partial charge < -0.3 is 5.32 Å². The number of carbonyl (C=O) groups excluding carboxylic acids is 1. The van der Waals surface area contributed by atoms with Crippen LogP contribution in [0.3, 0.4) is 0 Å². The third-order valence-electron chi connectivity index (χ3n) is 4.20. The van der Waals surface area contributed by atoms with Gasteiger partial charge in [0.1, 0.15) is 0 Å². The monoisotopic (exact) mass is 224 g/mol. The van der Waals surface area contributed by atoms with E-state index >= 15 is 0 Å². The van der Waals surface area contributed by atoms with Crippen molar-refractivity contribution in [2.45, 2.75) is 64.0 Å². The van der Waals surface area contributed by atoms with Crippen molar-refractivity contribution in [1.82, 2.24) is 10.2 Å². The highest BCUT2D eigenvalue weighted by Crippen LogP contribution is 2.31. The topological polar surface area (TPSA) is 32.3 Å². The number of amides is 1. The predicted molar refractivity (Wildman–Crippen MR) is 65.3 cm³/mol. The summed E-state index contributed by atoms with van der Waals surface area (Å²) >= 11 is 0. The molecule has 0 aromatic carbocycles. The van der Waals surface area contributed by atoms with Gasteiger partial charge in [0.2, 0.25) is 5.91 Å². The fraction of sp³-hybridized carbons (Fsp3) is 0.923. The molecule has 2 fully saturated rings. The molecule has 1 saturated carbocycles. The fourth-order valence-corrected chi connectivity index (χ4v) is 2.88. The van der Waals surface area contributed by atoms with Crippen LogP contribution in [0.1, 0.15) is 52.4 Å². The molecule has 92 valence electrons. The lowest BCUT2D eigenvalue weighted by atomic mass is 9.78. The summed E-state index contributed by atoms with van der Waals surface area (Å²) in [4.78, 5) is 14.5. The van der Waals surface area contributed by atoms with Crippen molar-refractivity contribution in [3.63, 3.8) is 0 Å². The van der Waals surface area contributed by atoms with Crippen molar-refractivity contribution in [3.8, 4) is 0 Å². The summed E-state index contributed by atoms with van der Waals surface area (Å²) in [5.74, 6) is 0.267. The van der Waals surface area contributed by atoms with Crippen molar-refractivity contribution in [2.24, 2.45) is 0 Å².